The van der Waals surface area contributed by atoms with Gasteiger partial charge in [-0.1, -0.05) is 12.1 Å². The van der Waals surface area contributed by atoms with E-state index in [1.165, 1.54) is 4.57 Å². The van der Waals surface area contributed by atoms with Crippen LogP contribution in [0.25, 0.3) is 5.69 Å². The van der Waals surface area contributed by atoms with Gasteiger partial charge in [0.15, 0.2) is 0 Å². The third kappa shape index (κ3) is 4.40. The van der Waals surface area contributed by atoms with Crippen molar-refractivity contribution in [3.05, 3.63) is 52.6 Å². The molecule has 2 aromatic rings. The Morgan fingerprint density at radius 3 is 2.29 bits per heavy atom. The highest BCUT2D eigenvalue weighted by molar-refractivity contribution is 5.85. The zero-order valence-corrected chi connectivity index (χ0v) is 16.5. The number of benzene rings is 1. The molecule has 0 aliphatic carbocycles. The van der Waals surface area contributed by atoms with E-state index in [0.29, 0.717) is 38.5 Å². The summed E-state index contributed by atoms with van der Waals surface area (Å²) in [5.41, 5.74) is 12.2. The van der Waals surface area contributed by atoms with E-state index in [0.717, 1.165) is 17.7 Å². The van der Waals surface area contributed by atoms with Gasteiger partial charge >= 0.3 is 5.69 Å². The van der Waals surface area contributed by atoms with E-state index < -0.39 is 5.54 Å². The average molecular weight is 384 g/mol. The highest BCUT2D eigenvalue weighted by Crippen LogP contribution is 2.15. The Hall–Kier alpha value is -2.71. The fourth-order valence-corrected chi connectivity index (χ4v) is 3.30. The van der Waals surface area contributed by atoms with E-state index in [2.05, 4.69) is 4.98 Å². The first-order chi connectivity index (χ1) is 13.3. The predicted octanol–water partition coefficient (Wildman–Crippen LogP) is 0.120. The highest BCUT2D eigenvalue weighted by Gasteiger charge is 2.30. The van der Waals surface area contributed by atoms with Gasteiger partial charge in [0.05, 0.1) is 11.2 Å². The molecule has 0 unspecified atom stereocenters. The summed E-state index contributed by atoms with van der Waals surface area (Å²) in [6, 6.07) is 9.56. The smallest absolute Gasteiger partial charge is 0.353 e. The van der Waals surface area contributed by atoms with Gasteiger partial charge in [0.25, 0.3) is 0 Å². The normalized spacial score (nSPS) is 15.0. The van der Waals surface area contributed by atoms with Gasteiger partial charge in [0.2, 0.25) is 5.91 Å². The number of hydrogen-bond acceptors (Lipinski definition) is 6. The van der Waals surface area contributed by atoms with Crippen molar-refractivity contribution in [1.29, 1.82) is 0 Å². The Kier molecular flexibility index (Phi) is 5.81. The minimum Gasteiger partial charge on any atom is -0.353 e. The second-order valence-corrected chi connectivity index (χ2v) is 7.64. The average Bonchev–Trinajstić information content (AvgIpc) is 2.68. The Labute approximate surface area is 164 Å². The lowest BCUT2D eigenvalue weighted by Gasteiger charge is -2.37. The van der Waals surface area contributed by atoms with E-state index >= 15 is 0 Å². The quantitative estimate of drug-likeness (QED) is 0.758. The Balaban J connectivity index is 1.70. The van der Waals surface area contributed by atoms with Crippen LogP contribution in [0.3, 0.4) is 0 Å². The van der Waals surface area contributed by atoms with Crippen molar-refractivity contribution in [2.75, 3.05) is 37.6 Å². The number of rotatable bonds is 5. The lowest BCUT2D eigenvalue weighted by molar-refractivity contribution is -0.136. The van der Waals surface area contributed by atoms with Gasteiger partial charge in [0, 0.05) is 32.4 Å². The predicted molar refractivity (Wildman–Crippen MR) is 110 cm³/mol. The molecule has 0 bridgehead atoms. The molecule has 1 fully saturated rings. The second-order valence-electron chi connectivity index (χ2n) is 7.64. The molecule has 1 amide bonds. The summed E-state index contributed by atoms with van der Waals surface area (Å²) in [6.07, 6.45) is 2.55. The monoisotopic (exact) mass is 384 g/mol. The number of piperazine rings is 1. The molecule has 2 heterocycles. The maximum absolute atomic E-state index is 12.5. The number of carbonyl (C=O) groups excluding carboxylic acids is 1. The van der Waals surface area contributed by atoms with Gasteiger partial charge in [-0.2, -0.15) is 4.98 Å². The number of anilines is 1. The largest absolute Gasteiger partial charge is 0.354 e. The molecule has 8 nitrogen and oxygen atoms in total. The van der Waals surface area contributed by atoms with Gasteiger partial charge in [0.1, 0.15) is 5.82 Å². The van der Waals surface area contributed by atoms with Crippen molar-refractivity contribution in [2.45, 2.75) is 25.8 Å². The van der Waals surface area contributed by atoms with E-state index in [1.54, 1.807) is 24.9 Å². The van der Waals surface area contributed by atoms with E-state index in [1.807, 2.05) is 35.2 Å². The van der Waals surface area contributed by atoms with Crippen molar-refractivity contribution in [3.63, 3.8) is 0 Å². The number of carbonyl (C=O) groups is 1. The molecule has 4 N–H and O–H groups in total. The lowest BCUT2D eigenvalue weighted by Crippen LogP contribution is -2.57. The van der Waals surface area contributed by atoms with Crippen LogP contribution in [0.2, 0.25) is 0 Å². The molecule has 0 radical (unpaired) electrons. The molecule has 0 atom stereocenters. The highest BCUT2D eigenvalue weighted by atomic mass is 16.2. The van der Waals surface area contributed by atoms with Gasteiger partial charge in [-0.15, -0.1) is 0 Å². The van der Waals surface area contributed by atoms with Gasteiger partial charge in [-0.3, -0.25) is 9.36 Å². The van der Waals surface area contributed by atoms with E-state index in [9.17, 15) is 9.59 Å². The third-order valence-corrected chi connectivity index (χ3v) is 4.88. The summed E-state index contributed by atoms with van der Waals surface area (Å²) in [5, 5.41) is 0. The van der Waals surface area contributed by atoms with E-state index in [-0.39, 0.29) is 11.6 Å². The molecule has 0 saturated carbocycles. The van der Waals surface area contributed by atoms with Crippen molar-refractivity contribution < 1.29 is 4.79 Å². The summed E-state index contributed by atoms with van der Waals surface area (Å²) >= 11 is 0. The number of amides is 1. The van der Waals surface area contributed by atoms with Crippen LogP contribution in [0.15, 0.2) is 41.3 Å². The number of nitrogens with two attached hydrogens (primary N) is 2. The summed E-state index contributed by atoms with van der Waals surface area (Å²) in [5.74, 6) is 0.564. The zero-order valence-electron chi connectivity index (χ0n) is 16.5. The molecule has 1 aliphatic rings. The maximum atomic E-state index is 12.5. The van der Waals surface area contributed by atoms with Crippen molar-refractivity contribution in [3.8, 4) is 5.69 Å². The van der Waals surface area contributed by atoms with Crippen LogP contribution >= 0.6 is 0 Å². The van der Waals surface area contributed by atoms with Gasteiger partial charge in [-0.25, -0.2) is 4.79 Å². The molecule has 1 aromatic carbocycles. The first kappa shape index (κ1) is 20.0. The lowest BCUT2D eigenvalue weighted by atomic mass is 10.0. The van der Waals surface area contributed by atoms with Gasteiger partial charge in [-0.05, 0) is 50.6 Å². The molecule has 1 aromatic heterocycles. The van der Waals surface area contributed by atoms with Crippen LogP contribution in [-0.2, 0) is 11.2 Å². The second kappa shape index (κ2) is 8.12. The Morgan fingerprint density at radius 2 is 1.75 bits per heavy atom. The molecule has 28 heavy (non-hydrogen) atoms. The van der Waals surface area contributed by atoms with Crippen LogP contribution in [0.5, 0.6) is 0 Å². The minimum atomic E-state index is -0.874. The standard InChI is InChI=1S/C20H28N6O2/c1-20(2,22)18(27)25-13-11-24(12-14-25)17-8-10-26(19(28)23-17)16-5-3-15(4-6-16)7-9-21/h3-6,8,10H,7,9,11-14,21-22H2,1-2H3. The Bertz CT molecular complexity index is 877. The van der Waals surface area contributed by atoms with Crippen LogP contribution in [0.1, 0.15) is 19.4 Å². The minimum absolute atomic E-state index is 0.0615. The van der Waals surface area contributed by atoms with Crippen molar-refractivity contribution in [1.82, 2.24) is 14.5 Å². The molecular formula is C20H28N6O2. The third-order valence-electron chi connectivity index (χ3n) is 4.88. The molecule has 1 aliphatic heterocycles. The molecule has 3 rings (SSSR count). The molecule has 150 valence electrons. The number of aromatic nitrogens is 2. The molecular weight excluding hydrogens is 356 g/mol. The fraction of sp³-hybridized carbons (Fsp3) is 0.450. The van der Waals surface area contributed by atoms with Crippen LogP contribution < -0.4 is 22.1 Å². The SMILES string of the molecule is CC(C)(N)C(=O)N1CCN(c2ccn(-c3ccc(CCN)cc3)c(=O)n2)CC1. The maximum Gasteiger partial charge on any atom is 0.354 e. The topological polar surface area (TPSA) is 110 Å². The summed E-state index contributed by atoms with van der Waals surface area (Å²) < 4.78 is 1.52. The Morgan fingerprint density at radius 1 is 1.11 bits per heavy atom. The number of hydrogen-bond donors (Lipinski definition) is 2. The van der Waals surface area contributed by atoms with Crippen molar-refractivity contribution >= 4 is 11.7 Å². The summed E-state index contributed by atoms with van der Waals surface area (Å²) in [7, 11) is 0. The molecule has 8 heteroatoms. The number of nitrogens with zero attached hydrogens (tertiary/aromatic N) is 4. The zero-order chi connectivity index (χ0) is 20.3. The van der Waals surface area contributed by atoms with E-state index in [4.69, 9.17) is 11.5 Å². The summed E-state index contributed by atoms with van der Waals surface area (Å²) in [6.45, 7) is 6.38. The molecule has 1 saturated heterocycles. The summed E-state index contributed by atoms with van der Waals surface area (Å²) in [4.78, 5) is 32.8. The molecule has 0 spiro atoms. The first-order valence-electron chi connectivity index (χ1n) is 9.52. The fourth-order valence-electron chi connectivity index (χ4n) is 3.30. The van der Waals surface area contributed by atoms with Gasteiger partial charge < -0.3 is 21.3 Å². The van der Waals surface area contributed by atoms with Crippen LogP contribution in [-0.4, -0.2) is 58.6 Å². The van der Waals surface area contributed by atoms with Crippen LogP contribution in [0.4, 0.5) is 5.82 Å². The van der Waals surface area contributed by atoms with Crippen molar-refractivity contribution in [2.24, 2.45) is 11.5 Å². The first-order valence-corrected chi connectivity index (χ1v) is 9.52. The van der Waals surface area contributed by atoms with Crippen LogP contribution in [0, 0.1) is 0 Å².